The highest BCUT2D eigenvalue weighted by molar-refractivity contribution is 5.81. The number of ether oxygens (including phenoxy) is 1. The Kier molecular flexibility index (Phi) is 4.99. The van der Waals surface area contributed by atoms with Gasteiger partial charge in [0, 0.05) is 14.1 Å². The Morgan fingerprint density at radius 3 is 2.65 bits per heavy atom. The topological polar surface area (TPSA) is 49.8 Å². The molecule has 2 rings (SSSR count). The number of esters is 1. The van der Waals surface area contributed by atoms with Gasteiger partial charge in [0.2, 0.25) is 1.43 Å². The normalized spacial score (nSPS) is 22.1. The summed E-state index contributed by atoms with van der Waals surface area (Å²) < 4.78 is 57.4. The van der Waals surface area contributed by atoms with E-state index in [0.29, 0.717) is 5.56 Å². The van der Waals surface area contributed by atoms with Crippen LogP contribution in [0.3, 0.4) is 0 Å². The maximum atomic E-state index is 13.2. The minimum atomic E-state index is -2.32. The first kappa shape index (κ1) is 12.5. The van der Waals surface area contributed by atoms with E-state index in [2.05, 4.69) is 11.8 Å². The fourth-order valence-corrected chi connectivity index (χ4v) is 3.31. The van der Waals surface area contributed by atoms with Crippen molar-refractivity contribution in [1.82, 2.24) is 4.90 Å². The van der Waals surface area contributed by atoms with Gasteiger partial charge in [-0.1, -0.05) is 75.1 Å². The van der Waals surface area contributed by atoms with E-state index in [1.54, 1.807) is 24.3 Å². The second-order valence-electron chi connectivity index (χ2n) is 6.51. The van der Waals surface area contributed by atoms with Crippen molar-refractivity contribution in [3.05, 3.63) is 35.9 Å². The lowest BCUT2D eigenvalue weighted by Gasteiger charge is -2.36. The fraction of sp³-hybridized carbons (Fsp3) is 0.591. The van der Waals surface area contributed by atoms with Gasteiger partial charge in [0.25, 0.3) is 0 Å². The van der Waals surface area contributed by atoms with Crippen LogP contribution < -0.4 is 0 Å². The summed E-state index contributed by atoms with van der Waals surface area (Å²) in [6.07, 6.45) is 4.45. The molecule has 4 nitrogen and oxygen atoms in total. The van der Waals surface area contributed by atoms with Crippen LogP contribution in [-0.4, -0.2) is 43.7 Å². The Hall–Kier alpha value is -1.83. The zero-order chi connectivity index (χ0) is 24.5. The molecule has 0 radical (unpaired) electrons. The van der Waals surface area contributed by atoms with Crippen LogP contribution in [0.4, 0.5) is 0 Å². The van der Waals surface area contributed by atoms with E-state index in [4.69, 9.17) is 19.5 Å². The Labute approximate surface area is 167 Å². The lowest BCUT2D eigenvalue weighted by Crippen LogP contribution is -2.45. The average molecular weight is 365 g/mol. The Bertz CT molecular complexity index is 795. The molecule has 1 saturated carbocycles. The molecule has 1 N–H and O–H groups in total. The molecule has 0 saturated heterocycles. The van der Waals surface area contributed by atoms with Crippen LogP contribution in [0.15, 0.2) is 30.3 Å². The van der Waals surface area contributed by atoms with E-state index in [-0.39, 0.29) is 19.1 Å². The molecular weight excluding hydrogens is 326 g/mol. The van der Waals surface area contributed by atoms with Gasteiger partial charge in [-0.2, -0.15) is 0 Å². The third-order valence-corrected chi connectivity index (χ3v) is 4.84. The third kappa shape index (κ3) is 5.09. The van der Waals surface area contributed by atoms with E-state index < -0.39 is 38.4 Å². The summed E-state index contributed by atoms with van der Waals surface area (Å²) in [6, 6.07) is 8.88. The van der Waals surface area contributed by atoms with Crippen molar-refractivity contribution in [3.8, 4) is 11.8 Å². The molecule has 0 bridgehead atoms. The molecule has 26 heavy (non-hydrogen) atoms. The molecule has 1 aliphatic carbocycles. The van der Waals surface area contributed by atoms with Crippen molar-refractivity contribution in [3.63, 3.8) is 0 Å². The van der Waals surface area contributed by atoms with Gasteiger partial charge in [0.05, 0.1) is 6.54 Å². The van der Waals surface area contributed by atoms with Gasteiger partial charge in [-0.25, -0.2) is 4.79 Å². The predicted molar refractivity (Wildman–Crippen MR) is 103 cm³/mol. The monoisotopic (exact) mass is 364 g/mol. The maximum absolute atomic E-state index is 13.2. The van der Waals surface area contributed by atoms with Crippen LogP contribution in [0, 0.1) is 17.8 Å². The van der Waals surface area contributed by atoms with E-state index in [1.807, 2.05) is 6.07 Å². The molecule has 1 atom stereocenters. The van der Waals surface area contributed by atoms with Gasteiger partial charge in [-0.3, -0.25) is 4.90 Å². The molecule has 0 spiro atoms. The third-order valence-electron chi connectivity index (χ3n) is 4.84. The molecule has 142 valence electrons. The van der Waals surface area contributed by atoms with Crippen molar-refractivity contribution in [1.29, 1.82) is 1.43 Å². The zero-order valence-electron chi connectivity index (χ0n) is 22.0. The Morgan fingerprint density at radius 2 is 2.00 bits per heavy atom. The minimum absolute atomic E-state index is 0.0876. The molecule has 1 unspecified atom stereocenters. The number of rotatable bonds is 8. The summed E-state index contributed by atoms with van der Waals surface area (Å²) in [5, 5.41) is 5.12. The largest absolute Gasteiger partial charge is 0.450 e. The molecule has 0 aromatic heterocycles. The molecule has 0 amide bonds. The summed E-state index contributed by atoms with van der Waals surface area (Å²) in [7, 11) is 0. The number of hydrogen-bond donors (Lipinski definition) is 1. The van der Waals surface area contributed by atoms with Crippen molar-refractivity contribution in [2.75, 3.05) is 26.2 Å². The highest BCUT2D eigenvalue weighted by Gasteiger charge is 2.46. The number of benzene rings is 1. The first-order valence-electron chi connectivity index (χ1n) is 12.4. The van der Waals surface area contributed by atoms with Crippen molar-refractivity contribution in [2.45, 2.75) is 51.4 Å². The van der Waals surface area contributed by atoms with Gasteiger partial charge in [-0.15, -0.1) is 0 Å². The quantitative estimate of drug-likeness (QED) is 0.568. The van der Waals surface area contributed by atoms with Crippen molar-refractivity contribution in [2.24, 2.45) is 5.92 Å². The summed E-state index contributed by atoms with van der Waals surface area (Å²) in [5.74, 6) is 4.45. The smallest absolute Gasteiger partial charge is 0.344 e. The van der Waals surface area contributed by atoms with Crippen LogP contribution in [0.25, 0.3) is 0 Å². The van der Waals surface area contributed by atoms with Crippen LogP contribution in [0.1, 0.15) is 59.6 Å². The number of carbonyl (C=O) groups is 1. The molecule has 1 aromatic rings. The highest BCUT2D eigenvalue weighted by Crippen LogP contribution is 2.40. The van der Waals surface area contributed by atoms with Crippen molar-refractivity contribution >= 4 is 5.97 Å². The van der Waals surface area contributed by atoms with E-state index in [1.165, 1.54) is 4.90 Å². The number of nitrogens with zero attached hydrogens (tertiary/aromatic N) is 1. The number of carbonyl (C=O) groups excluding carboxylic acids is 1. The number of aliphatic hydroxyl groups is 1. The highest BCUT2D eigenvalue weighted by atomic mass is 16.5. The standard InChI is InChI=1S/C22H31NO3/c1-3-23(4-2)17-11-12-18-26-21(24)22(25,19-13-7-5-8-14-19)20-15-9-6-10-16-20/h5,7-8,13-14,20,25H,3-4,6,9-10,15-18H2,1-2H3/i1D3,2D3,25D. The first-order chi connectivity index (χ1) is 15.5. The van der Waals surface area contributed by atoms with E-state index in [9.17, 15) is 4.79 Å². The van der Waals surface area contributed by atoms with Gasteiger partial charge in [-0.05, 0) is 31.5 Å². The molecule has 0 aliphatic heterocycles. The van der Waals surface area contributed by atoms with Gasteiger partial charge >= 0.3 is 5.97 Å². The first-order valence-corrected chi connectivity index (χ1v) is 9.03. The van der Waals surface area contributed by atoms with Crippen LogP contribution in [0.2, 0.25) is 0 Å². The maximum Gasteiger partial charge on any atom is 0.344 e. The molecule has 1 aromatic carbocycles. The van der Waals surface area contributed by atoms with Crippen molar-refractivity contribution < 1.29 is 22.9 Å². The molecular formula is C22H31NO3. The van der Waals surface area contributed by atoms with Gasteiger partial charge < -0.3 is 9.85 Å². The molecule has 1 fully saturated rings. The summed E-state index contributed by atoms with van der Waals surface area (Å²) in [4.78, 5) is 14.4. The van der Waals surface area contributed by atoms with Crippen LogP contribution >= 0.6 is 0 Å². The fourth-order valence-electron chi connectivity index (χ4n) is 3.31. The molecule has 1 aliphatic rings. The summed E-state index contributed by atoms with van der Waals surface area (Å²) >= 11 is 0. The molecule has 0 heterocycles. The van der Waals surface area contributed by atoms with Gasteiger partial charge in [0.15, 0.2) is 12.2 Å². The SMILES string of the molecule is [2H]OC(C(=O)OCC#CCN(CC([2H])([2H])[2H])CC([2H])([2H])[2H])(c1ccccc1)C1CCCCC1. The lowest BCUT2D eigenvalue weighted by atomic mass is 9.73. The predicted octanol–water partition coefficient (Wildman–Crippen LogP) is 3.34. The van der Waals surface area contributed by atoms with Gasteiger partial charge in [0.1, 0.15) is 0 Å². The summed E-state index contributed by atoms with van der Waals surface area (Å²) in [5.41, 5.74) is -0.982. The zero-order valence-corrected chi connectivity index (χ0v) is 15.0. The summed E-state index contributed by atoms with van der Waals surface area (Å²) in [6.45, 7) is -5.83. The minimum Gasteiger partial charge on any atom is -0.450 e. The molecule has 4 heteroatoms. The van der Waals surface area contributed by atoms with E-state index in [0.717, 1.165) is 32.1 Å². The van der Waals surface area contributed by atoms with E-state index >= 15 is 0 Å². The second kappa shape index (κ2) is 10.4. The Morgan fingerprint density at radius 1 is 1.27 bits per heavy atom. The Balaban J connectivity index is 2.09. The van der Waals surface area contributed by atoms with Crippen LogP contribution in [-0.2, 0) is 15.1 Å². The van der Waals surface area contributed by atoms with Crippen LogP contribution in [0.5, 0.6) is 0 Å². The lowest BCUT2D eigenvalue weighted by molar-refractivity contribution is -0.174. The second-order valence-corrected chi connectivity index (χ2v) is 6.51. The average Bonchev–Trinajstić information content (AvgIpc) is 2.73. The number of hydrogen-bond acceptors (Lipinski definition) is 4.